The molecule has 4 heteroatoms. The number of hydrogen-bond donors (Lipinski definition) is 3. The van der Waals surface area contributed by atoms with Gasteiger partial charge in [-0.05, 0) is 18.6 Å². The second-order valence-electron chi connectivity index (χ2n) is 3.53. The van der Waals surface area contributed by atoms with Crippen molar-refractivity contribution < 1.29 is 4.79 Å². The van der Waals surface area contributed by atoms with E-state index in [1.807, 2.05) is 30.3 Å². The van der Waals surface area contributed by atoms with E-state index in [-0.39, 0.29) is 5.91 Å². The maximum Gasteiger partial charge on any atom is 0.221 e. The van der Waals surface area contributed by atoms with Gasteiger partial charge >= 0.3 is 0 Å². The molecule has 0 atom stereocenters. The number of carbonyl (C=O) groups excluding carboxylic acids is 1. The number of para-hydroxylation sites is 1. The Kier molecular flexibility index (Phi) is 6.03. The van der Waals surface area contributed by atoms with Crippen LogP contribution in [0.2, 0.25) is 0 Å². The van der Waals surface area contributed by atoms with Crippen molar-refractivity contribution in [3.63, 3.8) is 0 Å². The Morgan fingerprint density at radius 3 is 2.62 bits per heavy atom. The highest BCUT2D eigenvalue weighted by Crippen LogP contribution is 2.03. The summed E-state index contributed by atoms with van der Waals surface area (Å²) in [6.07, 6.45) is 1.32. The van der Waals surface area contributed by atoms with Gasteiger partial charge in [0.2, 0.25) is 5.91 Å². The lowest BCUT2D eigenvalue weighted by atomic mass is 10.3. The standard InChI is InChI=1S/C12H19N3O/c13-8-7-12(16)15-10-4-9-14-11-5-2-1-3-6-11/h1-3,5-6,14H,4,7-10,13H2,(H,15,16). The van der Waals surface area contributed by atoms with Gasteiger partial charge in [0.05, 0.1) is 0 Å². The molecule has 0 saturated carbocycles. The lowest BCUT2D eigenvalue weighted by Gasteiger charge is -2.06. The maximum atomic E-state index is 11.1. The minimum atomic E-state index is 0.0298. The Morgan fingerprint density at radius 1 is 1.19 bits per heavy atom. The molecular weight excluding hydrogens is 202 g/mol. The van der Waals surface area contributed by atoms with Crippen LogP contribution in [0.4, 0.5) is 5.69 Å². The molecular formula is C12H19N3O. The number of benzene rings is 1. The number of carbonyl (C=O) groups is 1. The molecule has 0 aliphatic heterocycles. The highest BCUT2D eigenvalue weighted by Gasteiger charge is 1.97. The average molecular weight is 221 g/mol. The van der Waals surface area contributed by atoms with E-state index in [0.29, 0.717) is 19.5 Å². The zero-order chi connectivity index (χ0) is 11.6. The van der Waals surface area contributed by atoms with Crippen LogP contribution in [0.15, 0.2) is 30.3 Å². The molecule has 1 aromatic rings. The van der Waals surface area contributed by atoms with E-state index in [4.69, 9.17) is 5.73 Å². The fraction of sp³-hybridized carbons (Fsp3) is 0.417. The smallest absolute Gasteiger partial charge is 0.221 e. The summed E-state index contributed by atoms with van der Waals surface area (Å²) in [5.74, 6) is 0.0298. The second kappa shape index (κ2) is 7.70. The van der Waals surface area contributed by atoms with E-state index in [0.717, 1.165) is 18.7 Å². The highest BCUT2D eigenvalue weighted by molar-refractivity contribution is 5.75. The van der Waals surface area contributed by atoms with E-state index in [1.165, 1.54) is 0 Å². The summed E-state index contributed by atoms with van der Waals surface area (Å²) < 4.78 is 0. The van der Waals surface area contributed by atoms with Gasteiger partial charge in [-0.3, -0.25) is 4.79 Å². The topological polar surface area (TPSA) is 67.2 Å². The van der Waals surface area contributed by atoms with E-state index in [2.05, 4.69) is 10.6 Å². The Balaban J connectivity index is 2.02. The normalized spacial score (nSPS) is 9.81. The number of hydrogen-bond acceptors (Lipinski definition) is 3. The summed E-state index contributed by atoms with van der Waals surface area (Å²) in [4.78, 5) is 11.1. The van der Waals surface area contributed by atoms with Crippen molar-refractivity contribution in [3.05, 3.63) is 30.3 Å². The monoisotopic (exact) mass is 221 g/mol. The summed E-state index contributed by atoms with van der Waals surface area (Å²) in [5, 5.41) is 6.09. The Hall–Kier alpha value is -1.55. The maximum absolute atomic E-state index is 11.1. The Morgan fingerprint density at radius 2 is 1.94 bits per heavy atom. The van der Waals surface area contributed by atoms with Crippen LogP contribution in [0.3, 0.4) is 0 Å². The van der Waals surface area contributed by atoms with Crippen LogP contribution >= 0.6 is 0 Å². The van der Waals surface area contributed by atoms with Crippen LogP contribution in [0, 0.1) is 0 Å². The van der Waals surface area contributed by atoms with Gasteiger partial charge in [0.15, 0.2) is 0 Å². The van der Waals surface area contributed by atoms with Gasteiger partial charge in [-0.15, -0.1) is 0 Å². The highest BCUT2D eigenvalue weighted by atomic mass is 16.1. The second-order valence-corrected chi connectivity index (χ2v) is 3.53. The molecule has 4 nitrogen and oxygen atoms in total. The Bertz CT molecular complexity index is 300. The van der Waals surface area contributed by atoms with Crippen molar-refractivity contribution in [3.8, 4) is 0 Å². The molecule has 4 N–H and O–H groups in total. The average Bonchev–Trinajstić information content (AvgIpc) is 2.30. The van der Waals surface area contributed by atoms with Gasteiger partial charge in [0.25, 0.3) is 0 Å². The number of nitrogens with one attached hydrogen (secondary N) is 2. The van der Waals surface area contributed by atoms with E-state index < -0.39 is 0 Å². The summed E-state index contributed by atoms with van der Waals surface area (Å²) in [5.41, 5.74) is 6.37. The molecule has 1 amide bonds. The largest absolute Gasteiger partial charge is 0.385 e. The summed E-state index contributed by atoms with van der Waals surface area (Å²) in [6.45, 7) is 1.96. The molecule has 0 aromatic heterocycles. The molecule has 16 heavy (non-hydrogen) atoms. The van der Waals surface area contributed by atoms with Crippen LogP contribution in [0.1, 0.15) is 12.8 Å². The third-order valence-electron chi connectivity index (χ3n) is 2.15. The molecule has 0 spiro atoms. The van der Waals surface area contributed by atoms with Crippen molar-refractivity contribution >= 4 is 11.6 Å². The van der Waals surface area contributed by atoms with Gasteiger partial charge in [-0.1, -0.05) is 18.2 Å². The SMILES string of the molecule is NCCC(=O)NCCCNc1ccccc1. The third-order valence-corrected chi connectivity index (χ3v) is 2.15. The first kappa shape index (κ1) is 12.5. The van der Waals surface area contributed by atoms with E-state index >= 15 is 0 Å². The molecule has 0 saturated heterocycles. The van der Waals surface area contributed by atoms with E-state index in [9.17, 15) is 4.79 Å². The number of rotatable bonds is 7. The molecule has 0 fully saturated rings. The quantitative estimate of drug-likeness (QED) is 0.601. The zero-order valence-corrected chi connectivity index (χ0v) is 9.41. The van der Waals surface area contributed by atoms with Gasteiger partial charge < -0.3 is 16.4 Å². The molecule has 0 heterocycles. The molecule has 0 aliphatic rings. The number of amides is 1. The minimum Gasteiger partial charge on any atom is -0.385 e. The number of nitrogens with two attached hydrogens (primary N) is 1. The first-order valence-corrected chi connectivity index (χ1v) is 5.58. The van der Waals surface area contributed by atoms with Crippen molar-refractivity contribution in [2.75, 3.05) is 25.0 Å². The molecule has 1 rings (SSSR count). The zero-order valence-electron chi connectivity index (χ0n) is 9.41. The Labute approximate surface area is 96.2 Å². The molecule has 0 bridgehead atoms. The van der Waals surface area contributed by atoms with Crippen molar-refractivity contribution in [1.82, 2.24) is 5.32 Å². The van der Waals surface area contributed by atoms with Crippen LogP contribution in [0.25, 0.3) is 0 Å². The summed E-state index contributed by atoms with van der Waals surface area (Å²) >= 11 is 0. The third kappa shape index (κ3) is 5.36. The van der Waals surface area contributed by atoms with Crippen LogP contribution in [-0.4, -0.2) is 25.5 Å². The van der Waals surface area contributed by atoms with E-state index in [1.54, 1.807) is 0 Å². The van der Waals surface area contributed by atoms with Crippen molar-refractivity contribution in [1.29, 1.82) is 0 Å². The van der Waals surface area contributed by atoms with Crippen LogP contribution in [0.5, 0.6) is 0 Å². The van der Waals surface area contributed by atoms with Gasteiger partial charge in [0, 0.05) is 31.7 Å². The fourth-order valence-electron chi connectivity index (χ4n) is 1.32. The number of anilines is 1. The molecule has 0 aliphatic carbocycles. The van der Waals surface area contributed by atoms with Crippen molar-refractivity contribution in [2.24, 2.45) is 5.73 Å². The van der Waals surface area contributed by atoms with Crippen LogP contribution < -0.4 is 16.4 Å². The van der Waals surface area contributed by atoms with Crippen molar-refractivity contribution in [2.45, 2.75) is 12.8 Å². The predicted molar refractivity (Wildman–Crippen MR) is 66.2 cm³/mol. The fourth-order valence-corrected chi connectivity index (χ4v) is 1.32. The van der Waals surface area contributed by atoms with Gasteiger partial charge in [-0.2, -0.15) is 0 Å². The molecule has 0 radical (unpaired) electrons. The van der Waals surface area contributed by atoms with Gasteiger partial charge in [-0.25, -0.2) is 0 Å². The lowest BCUT2D eigenvalue weighted by molar-refractivity contribution is -0.120. The molecule has 1 aromatic carbocycles. The minimum absolute atomic E-state index is 0.0298. The molecule has 88 valence electrons. The first-order valence-electron chi connectivity index (χ1n) is 5.58. The first-order chi connectivity index (χ1) is 7.83. The summed E-state index contributed by atoms with van der Waals surface area (Å²) in [7, 11) is 0. The summed E-state index contributed by atoms with van der Waals surface area (Å²) in [6, 6.07) is 10.0. The molecule has 0 unspecified atom stereocenters. The predicted octanol–water partition coefficient (Wildman–Crippen LogP) is 0.954. The van der Waals surface area contributed by atoms with Crippen LogP contribution in [-0.2, 0) is 4.79 Å². The van der Waals surface area contributed by atoms with Gasteiger partial charge in [0.1, 0.15) is 0 Å². The lowest BCUT2D eigenvalue weighted by Crippen LogP contribution is -2.27.